The summed E-state index contributed by atoms with van der Waals surface area (Å²) in [6.07, 6.45) is 28.6. The van der Waals surface area contributed by atoms with Crippen LogP contribution in [0, 0.1) is 5.92 Å². The van der Waals surface area contributed by atoms with E-state index in [1.165, 1.54) is 122 Å². The van der Waals surface area contributed by atoms with Gasteiger partial charge < -0.3 is 0 Å². The predicted molar refractivity (Wildman–Crippen MR) is 171 cm³/mol. The van der Waals surface area contributed by atoms with Gasteiger partial charge in [-0.1, -0.05) is 148 Å². The van der Waals surface area contributed by atoms with Crippen LogP contribution >= 0.6 is 0 Å². The van der Waals surface area contributed by atoms with Crippen LogP contribution < -0.4 is 0 Å². The molecule has 3 rings (SSSR count). The Bertz CT molecular complexity index is 877. The summed E-state index contributed by atoms with van der Waals surface area (Å²) in [6.45, 7) is 14.3. The fraction of sp³-hybridized carbons (Fsp3) is 0.737. The van der Waals surface area contributed by atoms with Gasteiger partial charge in [0, 0.05) is 5.41 Å². The summed E-state index contributed by atoms with van der Waals surface area (Å²) in [7, 11) is 0. The van der Waals surface area contributed by atoms with Crippen molar-refractivity contribution in [2.45, 2.75) is 175 Å². The van der Waals surface area contributed by atoms with Gasteiger partial charge in [0.1, 0.15) is 0 Å². The number of hydrogen-bond acceptors (Lipinski definition) is 0. The number of benzene rings is 1. The first kappa shape index (κ1) is 31.2. The van der Waals surface area contributed by atoms with E-state index in [4.69, 9.17) is 0 Å². The van der Waals surface area contributed by atoms with Crippen molar-refractivity contribution in [2.75, 3.05) is 0 Å². The molecule has 214 valence electrons. The molecule has 0 N–H and O–H groups in total. The van der Waals surface area contributed by atoms with Crippen LogP contribution in [0.3, 0.4) is 0 Å². The second kappa shape index (κ2) is 16.1. The normalized spacial score (nSPS) is 17.1. The zero-order valence-electron chi connectivity index (χ0n) is 26.4. The Labute approximate surface area is 238 Å². The molecule has 1 atom stereocenters. The number of allylic oxidation sites excluding steroid dienone is 4. The summed E-state index contributed by atoms with van der Waals surface area (Å²) >= 11 is 0. The van der Waals surface area contributed by atoms with E-state index < -0.39 is 0 Å². The van der Waals surface area contributed by atoms with Crippen molar-refractivity contribution in [1.29, 1.82) is 0 Å². The lowest BCUT2D eigenvalue weighted by Crippen LogP contribution is -2.27. The molecule has 0 nitrogen and oxygen atoms in total. The third-order valence-electron chi connectivity index (χ3n) is 10.3. The molecule has 0 spiro atoms. The van der Waals surface area contributed by atoms with Crippen LogP contribution in [0.25, 0.3) is 5.57 Å². The van der Waals surface area contributed by atoms with Crippen LogP contribution in [-0.2, 0) is 5.41 Å². The largest absolute Gasteiger partial charge is 0.0665 e. The van der Waals surface area contributed by atoms with Crippen LogP contribution in [0.15, 0.2) is 35.4 Å². The molecule has 0 heteroatoms. The third-order valence-corrected chi connectivity index (χ3v) is 10.3. The summed E-state index contributed by atoms with van der Waals surface area (Å²) in [5.41, 5.74) is 10.4. The smallest absolute Gasteiger partial charge is 0.0212 e. The van der Waals surface area contributed by atoms with Crippen molar-refractivity contribution in [2.24, 2.45) is 5.92 Å². The Kier molecular flexibility index (Phi) is 13.2. The minimum Gasteiger partial charge on any atom is -0.0665 e. The van der Waals surface area contributed by atoms with Crippen LogP contribution in [0.2, 0.25) is 0 Å². The SMILES string of the molecule is CCCCCCCCC1(CCCCCCCC)C2=C(CCC(C(CC)CC)=C2)c2ccc(C(C)CC)cc21. The fourth-order valence-electron chi connectivity index (χ4n) is 7.58. The van der Waals surface area contributed by atoms with E-state index in [1.54, 1.807) is 33.4 Å². The van der Waals surface area contributed by atoms with E-state index in [1.807, 2.05) is 0 Å². The van der Waals surface area contributed by atoms with Gasteiger partial charge in [0.05, 0.1) is 0 Å². The minimum absolute atomic E-state index is 0.251. The fourth-order valence-corrected chi connectivity index (χ4v) is 7.58. The van der Waals surface area contributed by atoms with Crippen LogP contribution in [-0.4, -0.2) is 0 Å². The van der Waals surface area contributed by atoms with Crippen molar-refractivity contribution in [3.63, 3.8) is 0 Å². The standard InChI is InChI=1S/C38H62/c1-7-12-14-16-18-20-26-38(27-21-19-17-15-13-8-2)36-28-32(30(6)9-3)22-24-34(36)35-25-23-33(29-37(35)38)31(10-4)11-5/h22,24,28-31H,7-21,23,25-27H2,1-6H3. The van der Waals surface area contributed by atoms with E-state index in [9.17, 15) is 0 Å². The average Bonchev–Trinajstić information content (AvgIpc) is 3.21. The van der Waals surface area contributed by atoms with Crippen molar-refractivity contribution in [3.8, 4) is 0 Å². The van der Waals surface area contributed by atoms with Gasteiger partial charge in [-0.2, -0.15) is 0 Å². The van der Waals surface area contributed by atoms with Gasteiger partial charge in [-0.05, 0) is 84.6 Å². The average molecular weight is 519 g/mol. The summed E-state index contributed by atoms with van der Waals surface area (Å²) in [5.74, 6) is 1.42. The van der Waals surface area contributed by atoms with Gasteiger partial charge in [-0.25, -0.2) is 0 Å². The van der Waals surface area contributed by atoms with Gasteiger partial charge in [-0.3, -0.25) is 0 Å². The minimum atomic E-state index is 0.251. The summed E-state index contributed by atoms with van der Waals surface area (Å²) in [6, 6.07) is 7.72. The molecule has 1 unspecified atom stereocenters. The molecule has 0 heterocycles. The predicted octanol–water partition coefficient (Wildman–Crippen LogP) is 12.9. The lowest BCUT2D eigenvalue weighted by atomic mass is 9.67. The Balaban J connectivity index is 1.99. The lowest BCUT2D eigenvalue weighted by molar-refractivity contribution is 0.393. The van der Waals surface area contributed by atoms with Gasteiger partial charge in [0.15, 0.2) is 0 Å². The maximum Gasteiger partial charge on any atom is 0.0212 e. The second-order valence-corrected chi connectivity index (χ2v) is 12.9. The van der Waals surface area contributed by atoms with Crippen LogP contribution in [0.4, 0.5) is 0 Å². The van der Waals surface area contributed by atoms with Crippen LogP contribution in [0.1, 0.15) is 186 Å². The molecule has 0 aromatic heterocycles. The highest BCUT2D eigenvalue weighted by molar-refractivity contribution is 5.84. The Morgan fingerprint density at radius 1 is 0.684 bits per heavy atom. The summed E-state index contributed by atoms with van der Waals surface area (Å²) in [5, 5.41) is 0. The monoisotopic (exact) mass is 518 g/mol. The Morgan fingerprint density at radius 3 is 1.82 bits per heavy atom. The molecule has 0 saturated heterocycles. The Morgan fingerprint density at radius 2 is 1.26 bits per heavy atom. The second-order valence-electron chi connectivity index (χ2n) is 12.9. The molecule has 38 heavy (non-hydrogen) atoms. The molecule has 1 aromatic carbocycles. The molecular formula is C38H62. The molecule has 0 radical (unpaired) electrons. The summed E-state index contributed by atoms with van der Waals surface area (Å²) in [4.78, 5) is 0. The zero-order chi connectivity index (χ0) is 27.4. The molecule has 0 amide bonds. The molecule has 0 bridgehead atoms. The quantitative estimate of drug-likeness (QED) is 0.160. The van der Waals surface area contributed by atoms with Crippen molar-refractivity contribution < 1.29 is 0 Å². The first-order valence-corrected chi connectivity index (χ1v) is 17.1. The van der Waals surface area contributed by atoms with E-state index in [0.717, 1.165) is 5.92 Å². The number of fused-ring (bicyclic) bond motifs is 2. The van der Waals surface area contributed by atoms with Crippen molar-refractivity contribution in [3.05, 3.63) is 52.1 Å². The molecule has 0 aliphatic heterocycles. The van der Waals surface area contributed by atoms with E-state index in [2.05, 4.69) is 65.8 Å². The van der Waals surface area contributed by atoms with Gasteiger partial charge in [0.25, 0.3) is 0 Å². The molecule has 0 saturated carbocycles. The highest BCUT2D eigenvalue weighted by Crippen LogP contribution is 2.57. The lowest BCUT2D eigenvalue weighted by Gasteiger charge is -2.36. The van der Waals surface area contributed by atoms with Gasteiger partial charge >= 0.3 is 0 Å². The molecule has 0 fully saturated rings. The topological polar surface area (TPSA) is 0 Å². The molecule has 2 aliphatic carbocycles. The molecule has 1 aromatic rings. The van der Waals surface area contributed by atoms with Crippen molar-refractivity contribution >= 4 is 5.57 Å². The maximum atomic E-state index is 2.77. The zero-order valence-corrected chi connectivity index (χ0v) is 26.4. The first-order chi connectivity index (χ1) is 18.6. The molecular weight excluding hydrogens is 456 g/mol. The number of rotatable bonds is 19. The maximum absolute atomic E-state index is 2.77. The van der Waals surface area contributed by atoms with Crippen LogP contribution in [0.5, 0.6) is 0 Å². The Hall–Kier alpha value is -1.30. The third kappa shape index (κ3) is 7.46. The van der Waals surface area contributed by atoms with E-state index >= 15 is 0 Å². The highest BCUT2D eigenvalue weighted by Gasteiger charge is 2.44. The van der Waals surface area contributed by atoms with E-state index in [-0.39, 0.29) is 5.41 Å². The van der Waals surface area contributed by atoms with Gasteiger partial charge in [-0.15, -0.1) is 0 Å². The number of unbranched alkanes of at least 4 members (excludes halogenated alkanes) is 10. The van der Waals surface area contributed by atoms with Gasteiger partial charge in [0.2, 0.25) is 0 Å². The molecule has 2 aliphatic rings. The summed E-state index contributed by atoms with van der Waals surface area (Å²) < 4.78 is 0. The van der Waals surface area contributed by atoms with E-state index in [0.29, 0.717) is 5.92 Å². The van der Waals surface area contributed by atoms with Crippen molar-refractivity contribution in [1.82, 2.24) is 0 Å². The highest BCUT2D eigenvalue weighted by atomic mass is 14.5. The number of hydrogen-bond donors (Lipinski definition) is 0. The first-order valence-electron chi connectivity index (χ1n) is 17.1.